The molecule has 1 aliphatic heterocycles. The maximum Gasteiger partial charge on any atom is 0.317 e. The highest BCUT2D eigenvalue weighted by Crippen LogP contribution is 2.12. The molecule has 2 amide bonds. The van der Waals surface area contributed by atoms with Gasteiger partial charge in [-0.15, -0.1) is 11.3 Å². The van der Waals surface area contributed by atoms with Gasteiger partial charge in [0.2, 0.25) is 0 Å². The zero-order chi connectivity index (χ0) is 13.9. The molecule has 1 aromatic rings. The second-order valence-corrected chi connectivity index (χ2v) is 7.98. The molecule has 19 heavy (non-hydrogen) atoms. The van der Waals surface area contributed by atoms with Crippen LogP contribution in [0.25, 0.3) is 0 Å². The third-order valence-electron chi connectivity index (χ3n) is 3.16. The van der Waals surface area contributed by atoms with Crippen LogP contribution in [-0.2, 0) is 16.3 Å². The van der Waals surface area contributed by atoms with Crippen LogP contribution in [0.5, 0.6) is 0 Å². The van der Waals surface area contributed by atoms with E-state index in [9.17, 15) is 13.2 Å². The van der Waals surface area contributed by atoms with Gasteiger partial charge in [0.1, 0.15) is 0 Å². The number of hydrogen-bond donors (Lipinski definition) is 1. The SMILES string of the molecule is CC1CS(=O)(=O)CCN1C(=O)NCCc1cccs1. The fourth-order valence-electron chi connectivity index (χ4n) is 2.15. The average molecular weight is 302 g/mol. The lowest BCUT2D eigenvalue weighted by Crippen LogP contribution is -2.53. The number of nitrogens with zero attached hydrogens (tertiary/aromatic N) is 1. The first-order valence-corrected chi connectivity index (χ1v) is 8.95. The smallest absolute Gasteiger partial charge is 0.317 e. The summed E-state index contributed by atoms with van der Waals surface area (Å²) in [5.74, 6) is 0.126. The molecule has 0 bridgehead atoms. The van der Waals surface area contributed by atoms with E-state index in [2.05, 4.69) is 5.32 Å². The largest absolute Gasteiger partial charge is 0.338 e. The van der Waals surface area contributed by atoms with Gasteiger partial charge in [0.15, 0.2) is 9.84 Å². The van der Waals surface area contributed by atoms with E-state index in [1.54, 1.807) is 23.2 Å². The summed E-state index contributed by atoms with van der Waals surface area (Å²) in [5.41, 5.74) is 0. The Labute approximate surface area is 117 Å². The molecule has 0 spiro atoms. The molecule has 1 saturated heterocycles. The molecule has 0 radical (unpaired) electrons. The van der Waals surface area contributed by atoms with E-state index < -0.39 is 9.84 Å². The Morgan fingerprint density at radius 3 is 3.00 bits per heavy atom. The molecule has 2 rings (SSSR count). The molecule has 0 aromatic carbocycles. The summed E-state index contributed by atoms with van der Waals surface area (Å²) in [4.78, 5) is 14.8. The highest BCUT2D eigenvalue weighted by atomic mass is 32.2. The van der Waals surface area contributed by atoms with Crippen LogP contribution in [0, 0.1) is 0 Å². The highest BCUT2D eigenvalue weighted by Gasteiger charge is 2.30. The summed E-state index contributed by atoms with van der Waals surface area (Å²) in [5, 5.41) is 4.86. The second kappa shape index (κ2) is 5.92. The Hall–Kier alpha value is -1.08. The van der Waals surface area contributed by atoms with Gasteiger partial charge < -0.3 is 10.2 Å². The molecule has 5 nitrogen and oxygen atoms in total. The van der Waals surface area contributed by atoms with Crippen molar-refractivity contribution in [3.8, 4) is 0 Å². The zero-order valence-corrected chi connectivity index (χ0v) is 12.5. The van der Waals surface area contributed by atoms with Gasteiger partial charge in [-0.1, -0.05) is 6.07 Å². The second-order valence-electron chi connectivity index (χ2n) is 4.72. The fourth-order valence-corrected chi connectivity index (χ4v) is 4.41. The first kappa shape index (κ1) is 14.3. The number of amides is 2. The van der Waals surface area contributed by atoms with Gasteiger partial charge in [-0.25, -0.2) is 13.2 Å². The minimum absolute atomic E-state index is 0.0609. The summed E-state index contributed by atoms with van der Waals surface area (Å²) >= 11 is 1.67. The van der Waals surface area contributed by atoms with Gasteiger partial charge in [0, 0.05) is 24.0 Å². The van der Waals surface area contributed by atoms with Gasteiger partial charge in [-0.2, -0.15) is 0 Å². The van der Waals surface area contributed by atoms with Crippen molar-refractivity contribution in [2.24, 2.45) is 0 Å². The zero-order valence-electron chi connectivity index (χ0n) is 10.8. The molecule has 7 heteroatoms. The standard InChI is InChI=1S/C12H18N2O3S2/c1-10-9-19(16,17)8-6-14(10)12(15)13-5-4-11-3-2-7-18-11/h2-3,7,10H,4-6,8-9H2,1H3,(H,13,15). The van der Waals surface area contributed by atoms with Crippen LogP contribution in [-0.4, -0.2) is 50.0 Å². The summed E-state index contributed by atoms with van der Waals surface area (Å²) < 4.78 is 22.9. The van der Waals surface area contributed by atoms with E-state index in [0.717, 1.165) is 6.42 Å². The van der Waals surface area contributed by atoms with Crippen LogP contribution in [0.1, 0.15) is 11.8 Å². The van der Waals surface area contributed by atoms with Crippen molar-refractivity contribution >= 4 is 27.2 Å². The van der Waals surface area contributed by atoms with Gasteiger partial charge in [-0.05, 0) is 24.8 Å². The molecule has 0 aliphatic carbocycles. The van der Waals surface area contributed by atoms with Crippen molar-refractivity contribution < 1.29 is 13.2 Å². The summed E-state index contributed by atoms with van der Waals surface area (Å²) in [7, 11) is -2.97. The van der Waals surface area contributed by atoms with E-state index in [1.807, 2.05) is 17.5 Å². The predicted molar refractivity (Wildman–Crippen MR) is 76.2 cm³/mol. The van der Waals surface area contributed by atoms with E-state index in [0.29, 0.717) is 6.54 Å². The molecule has 1 unspecified atom stereocenters. The monoisotopic (exact) mass is 302 g/mol. The molecule has 1 atom stereocenters. The number of nitrogens with one attached hydrogen (secondary N) is 1. The van der Waals surface area contributed by atoms with Gasteiger partial charge in [0.25, 0.3) is 0 Å². The minimum Gasteiger partial charge on any atom is -0.338 e. The summed E-state index contributed by atoms with van der Waals surface area (Å²) in [6, 6.07) is 3.60. The number of carbonyl (C=O) groups is 1. The van der Waals surface area contributed by atoms with Crippen LogP contribution in [0.3, 0.4) is 0 Å². The lowest BCUT2D eigenvalue weighted by Gasteiger charge is -2.33. The summed E-state index contributed by atoms with van der Waals surface area (Å²) in [6.45, 7) is 2.64. The van der Waals surface area contributed by atoms with Crippen molar-refractivity contribution in [3.63, 3.8) is 0 Å². The normalized spacial score (nSPS) is 22.2. The molecule has 1 aromatic heterocycles. The van der Waals surface area contributed by atoms with Crippen LogP contribution in [0.4, 0.5) is 4.79 Å². The van der Waals surface area contributed by atoms with E-state index in [1.165, 1.54) is 4.88 Å². The lowest BCUT2D eigenvalue weighted by atomic mass is 10.3. The Kier molecular flexibility index (Phi) is 4.46. The number of carbonyl (C=O) groups excluding carboxylic acids is 1. The highest BCUT2D eigenvalue weighted by molar-refractivity contribution is 7.91. The van der Waals surface area contributed by atoms with E-state index >= 15 is 0 Å². The first-order valence-electron chi connectivity index (χ1n) is 6.25. The van der Waals surface area contributed by atoms with Crippen LogP contribution in [0.15, 0.2) is 17.5 Å². The minimum atomic E-state index is -2.97. The Bertz CT molecular complexity index is 525. The van der Waals surface area contributed by atoms with Crippen molar-refractivity contribution in [2.75, 3.05) is 24.6 Å². The molecule has 0 saturated carbocycles. The van der Waals surface area contributed by atoms with Crippen LogP contribution in [0.2, 0.25) is 0 Å². The van der Waals surface area contributed by atoms with E-state index in [-0.39, 0.29) is 30.1 Å². The third-order valence-corrected chi connectivity index (χ3v) is 5.89. The van der Waals surface area contributed by atoms with Crippen molar-refractivity contribution in [3.05, 3.63) is 22.4 Å². The molecule has 1 aliphatic rings. The van der Waals surface area contributed by atoms with Crippen LogP contribution < -0.4 is 5.32 Å². The van der Waals surface area contributed by atoms with Crippen molar-refractivity contribution in [1.82, 2.24) is 10.2 Å². The Morgan fingerprint density at radius 2 is 2.37 bits per heavy atom. The Morgan fingerprint density at radius 1 is 1.58 bits per heavy atom. The number of sulfone groups is 1. The number of urea groups is 1. The maximum atomic E-state index is 12.0. The fraction of sp³-hybridized carbons (Fsp3) is 0.583. The number of hydrogen-bond acceptors (Lipinski definition) is 4. The van der Waals surface area contributed by atoms with Gasteiger partial charge in [0.05, 0.1) is 11.5 Å². The number of thiophene rings is 1. The quantitative estimate of drug-likeness (QED) is 0.910. The predicted octanol–water partition coefficient (Wildman–Crippen LogP) is 1.12. The first-order chi connectivity index (χ1) is 8.98. The maximum absolute atomic E-state index is 12.0. The molecular weight excluding hydrogens is 284 g/mol. The lowest BCUT2D eigenvalue weighted by molar-refractivity contribution is 0.185. The van der Waals surface area contributed by atoms with Gasteiger partial charge >= 0.3 is 6.03 Å². The van der Waals surface area contributed by atoms with Crippen molar-refractivity contribution in [1.29, 1.82) is 0 Å². The topological polar surface area (TPSA) is 66.5 Å². The van der Waals surface area contributed by atoms with Crippen LogP contribution >= 0.6 is 11.3 Å². The van der Waals surface area contributed by atoms with Gasteiger partial charge in [-0.3, -0.25) is 0 Å². The Balaban J connectivity index is 1.80. The summed E-state index contributed by atoms with van der Waals surface area (Å²) in [6.07, 6.45) is 0.809. The van der Waals surface area contributed by atoms with Crippen molar-refractivity contribution in [2.45, 2.75) is 19.4 Å². The van der Waals surface area contributed by atoms with E-state index in [4.69, 9.17) is 0 Å². The average Bonchev–Trinajstić information content (AvgIpc) is 2.80. The molecule has 106 valence electrons. The molecule has 2 heterocycles. The molecular formula is C12H18N2O3S2. The molecule has 1 fully saturated rings. The molecule has 1 N–H and O–H groups in total. The number of rotatable bonds is 3. The third kappa shape index (κ3) is 3.94.